The largest absolute Gasteiger partial charge is 1.00 e. The van der Waals surface area contributed by atoms with Crippen molar-refractivity contribution in [2.75, 3.05) is 0 Å². The molecule has 1 heterocycles. The summed E-state index contributed by atoms with van der Waals surface area (Å²) in [6.07, 6.45) is 19.9. The van der Waals surface area contributed by atoms with E-state index < -0.39 is 0 Å². The van der Waals surface area contributed by atoms with Crippen LogP contribution in [0.3, 0.4) is 0 Å². The topological polar surface area (TPSA) is 40.2 Å². The van der Waals surface area contributed by atoms with E-state index in [2.05, 4.69) is 26.5 Å². The minimum atomic E-state index is -0.0743. The van der Waals surface area contributed by atoms with Gasteiger partial charge in [-0.1, -0.05) is 90.9 Å². The van der Waals surface area contributed by atoms with E-state index in [4.69, 9.17) is 4.74 Å². The monoisotopic (exact) mass is 347 g/mol. The van der Waals surface area contributed by atoms with Crippen molar-refractivity contribution in [3.8, 4) is 0 Å². The first-order chi connectivity index (χ1) is 10.6. The summed E-state index contributed by atoms with van der Waals surface area (Å²) in [4.78, 5) is 0. The van der Waals surface area contributed by atoms with Gasteiger partial charge < -0.3 is 22.9 Å². The van der Waals surface area contributed by atoms with Crippen LogP contribution in [0.2, 0.25) is 0 Å². The number of quaternary nitrogens is 1. The van der Waals surface area contributed by atoms with Gasteiger partial charge in [0.1, 0.15) is 6.10 Å². The summed E-state index contributed by atoms with van der Waals surface area (Å²) in [7, 11) is 0. The normalized spacial score (nSPS) is 23.1. The number of hydrogen-bond acceptors (Lipinski definition) is 1. The summed E-state index contributed by atoms with van der Waals surface area (Å²) in [6, 6.07) is 0. The van der Waals surface area contributed by atoms with Crippen LogP contribution in [0.1, 0.15) is 111 Å². The van der Waals surface area contributed by atoms with Crippen LogP contribution in [0.15, 0.2) is 0 Å². The number of unbranched alkanes of at least 4 members (excludes halogenated alkanes) is 10. The second kappa shape index (κ2) is 13.5. The third-order valence-corrected chi connectivity index (χ3v) is 5.23. The molecule has 0 aromatic carbocycles. The Morgan fingerprint density at radius 2 is 1.13 bits per heavy atom. The van der Waals surface area contributed by atoms with Gasteiger partial charge in [-0.3, -0.25) is 0 Å². The van der Waals surface area contributed by atoms with Gasteiger partial charge in [0.05, 0.1) is 0 Å². The van der Waals surface area contributed by atoms with Gasteiger partial charge in [-0.05, 0) is 18.8 Å². The summed E-state index contributed by atoms with van der Waals surface area (Å²) in [6.45, 7) is 6.74. The Labute approximate surface area is 151 Å². The summed E-state index contributed by atoms with van der Waals surface area (Å²) < 4.78 is 5.85. The Morgan fingerprint density at radius 1 is 0.783 bits per heavy atom. The smallest absolute Gasteiger partial charge is 0.223 e. The first-order valence-electron chi connectivity index (χ1n) is 10.1. The van der Waals surface area contributed by atoms with Gasteiger partial charge in [0.2, 0.25) is 5.72 Å². The minimum Gasteiger partial charge on any atom is -1.00 e. The zero-order chi connectivity index (χ0) is 16.3. The lowest BCUT2D eigenvalue weighted by atomic mass is 9.89. The first kappa shape index (κ1) is 23.2. The lowest BCUT2D eigenvalue weighted by Gasteiger charge is -2.14. The molecule has 1 aliphatic heterocycles. The standard InChI is InChI=1S/C20H41NO.ClH/c1-4-6-8-10-12-14-16-18(19-20(3,21)22-19)17-15-13-11-9-7-5-2;/h18-19H,4-17,21H2,1-3H3;1H. The van der Waals surface area contributed by atoms with Crippen LogP contribution in [-0.4, -0.2) is 11.8 Å². The van der Waals surface area contributed by atoms with Crippen molar-refractivity contribution in [2.24, 2.45) is 5.92 Å². The highest BCUT2D eigenvalue weighted by molar-refractivity contribution is 4.92. The Morgan fingerprint density at radius 3 is 1.48 bits per heavy atom. The molecule has 0 bridgehead atoms. The van der Waals surface area contributed by atoms with Gasteiger partial charge in [-0.2, -0.15) is 0 Å². The van der Waals surface area contributed by atoms with Crippen LogP contribution in [0.5, 0.6) is 0 Å². The highest BCUT2D eigenvalue weighted by Crippen LogP contribution is 2.39. The highest BCUT2D eigenvalue weighted by Gasteiger charge is 2.57. The summed E-state index contributed by atoms with van der Waals surface area (Å²) in [5.74, 6) is 0.764. The van der Waals surface area contributed by atoms with Crippen LogP contribution < -0.4 is 18.1 Å². The molecule has 0 spiro atoms. The van der Waals surface area contributed by atoms with Crippen molar-refractivity contribution < 1.29 is 22.9 Å². The molecule has 0 amide bonds. The van der Waals surface area contributed by atoms with Gasteiger partial charge in [0.25, 0.3) is 0 Å². The Kier molecular flexibility index (Phi) is 13.6. The molecule has 1 saturated heterocycles. The zero-order valence-electron chi connectivity index (χ0n) is 16.0. The van der Waals surface area contributed by atoms with E-state index in [1.807, 2.05) is 0 Å². The van der Waals surface area contributed by atoms with Crippen LogP contribution in [0, 0.1) is 5.92 Å². The van der Waals surface area contributed by atoms with Crippen molar-refractivity contribution in [3.63, 3.8) is 0 Å². The number of halogens is 1. The fourth-order valence-corrected chi connectivity index (χ4v) is 3.67. The van der Waals surface area contributed by atoms with E-state index in [-0.39, 0.29) is 18.1 Å². The van der Waals surface area contributed by atoms with Crippen LogP contribution >= 0.6 is 0 Å². The second-order valence-electron chi connectivity index (χ2n) is 7.72. The quantitative estimate of drug-likeness (QED) is 0.359. The molecule has 3 heteroatoms. The predicted octanol–water partition coefficient (Wildman–Crippen LogP) is 2.46. The van der Waals surface area contributed by atoms with Crippen LogP contribution in [0.4, 0.5) is 0 Å². The summed E-state index contributed by atoms with van der Waals surface area (Å²) in [5.41, 5.74) is 4.13. The number of ether oxygens (including phenoxy) is 1. The SMILES string of the molecule is CCCCCCCCC(CCCCCCCC)C1OC1(C)[NH3+].[Cl-]. The van der Waals surface area contributed by atoms with Crippen molar-refractivity contribution in [3.05, 3.63) is 0 Å². The molecule has 1 rings (SSSR count). The molecule has 1 aliphatic rings. The van der Waals surface area contributed by atoms with Crippen molar-refractivity contribution in [2.45, 2.75) is 122 Å². The van der Waals surface area contributed by atoms with Crippen LogP contribution in [0.25, 0.3) is 0 Å². The predicted molar refractivity (Wildman–Crippen MR) is 95.6 cm³/mol. The molecular formula is C20H42ClNO. The number of epoxide rings is 1. The number of hydrogen-bond donors (Lipinski definition) is 1. The minimum absolute atomic E-state index is 0. The van der Waals surface area contributed by atoms with E-state index in [0.29, 0.717) is 6.10 Å². The molecule has 0 radical (unpaired) electrons. The molecule has 2 nitrogen and oxygen atoms in total. The molecule has 1 fully saturated rings. The Balaban J connectivity index is 0.00000484. The summed E-state index contributed by atoms with van der Waals surface area (Å²) in [5, 5.41) is 0. The molecule has 0 aromatic rings. The fraction of sp³-hybridized carbons (Fsp3) is 1.00. The summed E-state index contributed by atoms with van der Waals surface area (Å²) >= 11 is 0. The molecular weight excluding hydrogens is 306 g/mol. The highest BCUT2D eigenvalue weighted by atomic mass is 35.5. The third-order valence-electron chi connectivity index (χ3n) is 5.23. The second-order valence-corrected chi connectivity index (χ2v) is 7.72. The van der Waals surface area contributed by atoms with Crippen molar-refractivity contribution in [1.29, 1.82) is 0 Å². The van der Waals surface area contributed by atoms with E-state index >= 15 is 0 Å². The van der Waals surface area contributed by atoms with Gasteiger partial charge in [-0.15, -0.1) is 0 Å². The molecule has 23 heavy (non-hydrogen) atoms. The zero-order valence-corrected chi connectivity index (χ0v) is 16.8. The van der Waals surface area contributed by atoms with Gasteiger partial charge in [0, 0.05) is 6.92 Å². The van der Waals surface area contributed by atoms with E-state index in [9.17, 15) is 0 Å². The Bertz CT molecular complexity index is 254. The number of rotatable bonds is 15. The first-order valence-corrected chi connectivity index (χ1v) is 10.1. The molecule has 0 saturated carbocycles. The average molecular weight is 348 g/mol. The fourth-order valence-electron chi connectivity index (χ4n) is 3.67. The maximum Gasteiger partial charge on any atom is 0.223 e. The average Bonchev–Trinajstić information content (AvgIpc) is 3.12. The van der Waals surface area contributed by atoms with Gasteiger partial charge in [0.15, 0.2) is 0 Å². The van der Waals surface area contributed by atoms with E-state index in [1.54, 1.807) is 0 Å². The molecule has 3 N–H and O–H groups in total. The molecule has 0 aromatic heterocycles. The Hall–Kier alpha value is 0.210. The molecule has 140 valence electrons. The van der Waals surface area contributed by atoms with Crippen LogP contribution in [-0.2, 0) is 4.74 Å². The van der Waals surface area contributed by atoms with Gasteiger partial charge in [-0.25, -0.2) is 0 Å². The van der Waals surface area contributed by atoms with E-state index in [0.717, 1.165) is 5.92 Å². The molecule has 2 atom stereocenters. The van der Waals surface area contributed by atoms with E-state index in [1.165, 1.54) is 89.9 Å². The van der Waals surface area contributed by atoms with Gasteiger partial charge >= 0.3 is 0 Å². The third kappa shape index (κ3) is 10.6. The van der Waals surface area contributed by atoms with Crippen molar-refractivity contribution >= 4 is 0 Å². The maximum atomic E-state index is 5.85. The lowest BCUT2D eigenvalue weighted by molar-refractivity contribution is -0.464. The maximum absolute atomic E-state index is 5.85. The van der Waals surface area contributed by atoms with Crippen molar-refractivity contribution in [1.82, 2.24) is 0 Å². The molecule has 2 unspecified atom stereocenters. The molecule has 0 aliphatic carbocycles. The lowest BCUT2D eigenvalue weighted by Crippen LogP contribution is -3.00.